The zero-order valence-electron chi connectivity index (χ0n) is 17.0. The number of ether oxygens (including phenoxy) is 1. The highest BCUT2D eigenvalue weighted by Gasteiger charge is 2.36. The Kier molecular flexibility index (Phi) is 4.48. The van der Waals surface area contributed by atoms with Gasteiger partial charge in [0.15, 0.2) is 5.75 Å². The lowest BCUT2D eigenvalue weighted by molar-refractivity contribution is -0.116. The standard InChI is InChI=1S/C24H17N3O5/c1-13-6-8-20-18(10-13)26-22(29)17-11-14(7-9-19(17)32-20)25-21(28)12-27-23(30)15-4-2-3-5-16(15)24(27)31/h2-11H,12H2,1H3,(H,25,28)(H,26,29). The van der Waals surface area contributed by atoms with Crippen molar-refractivity contribution >= 4 is 35.0 Å². The molecule has 0 saturated heterocycles. The fraction of sp³-hybridized carbons (Fsp3) is 0.0833. The van der Waals surface area contributed by atoms with Gasteiger partial charge in [0.25, 0.3) is 17.7 Å². The zero-order chi connectivity index (χ0) is 22.4. The first-order chi connectivity index (χ1) is 15.4. The summed E-state index contributed by atoms with van der Waals surface area (Å²) in [6.07, 6.45) is 0. The van der Waals surface area contributed by atoms with Crippen LogP contribution in [-0.4, -0.2) is 35.1 Å². The van der Waals surface area contributed by atoms with Gasteiger partial charge in [-0.25, -0.2) is 0 Å². The predicted molar refractivity (Wildman–Crippen MR) is 116 cm³/mol. The molecule has 0 atom stereocenters. The molecular weight excluding hydrogens is 410 g/mol. The molecule has 158 valence electrons. The molecule has 2 aliphatic rings. The van der Waals surface area contributed by atoms with Gasteiger partial charge in [0.1, 0.15) is 12.3 Å². The van der Waals surface area contributed by atoms with Gasteiger partial charge in [0.05, 0.1) is 22.4 Å². The van der Waals surface area contributed by atoms with E-state index in [-0.39, 0.29) is 22.6 Å². The maximum Gasteiger partial charge on any atom is 0.262 e. The zero-order valence-corrected chi connectivity index (χ0v) is 17.0. The Balaban J connectivity index is 1.33. The molecule has 2 heterocycles. The maximum absolute atomic E-state index is 12.7. The van der Waals surface area contributed by atoms with E-state index in [0.29, 0.717) is 22.9 Å². The number of hydrogen-bond acceptors (Lipinski definition) is 5. The highest BCUT2D eigenvalue weighted by molar-refractivity contribution is 6.22. The monoisotopic (exact) mass is 427 g/mol. The van der Waals surface area contributed by atoms with Crippen molar-refractivity contribution in [1.29, 1.82) is 0 Å². The van der Waals surface area contributed by atoms with E-state index in [1.165, 1.54) is 6.07 Å². The summed E-state index contributed by atoms with van der Waals surface area (Å²) in [4.78, 5) is 51.1. The lowest BCUT2D eigenvalue weighted by Crippen LogP contribution is -2.37. The van der Waals surface area contributed by atoms with E-state index >= 15 is 0 Å². The minimum Gasteiger partial charge on any atom is -0.454 e. The maximum atomic E-state index is 12.7. The topological polar surface area (TPSA) is 105 Å². The molecule has 4 amide bonds. The molecule has 2 aliphatic heterocycles. The number of rotatable bonds is 3. The van der Waals surface area contributed by atoms with Crippen LogP contribution in [-0.2, 0) is 4.79 Å². The van der Waals surface area contributed by atoms with Gasteiger partial charge in [0, 0.05) is 5.69 Å². The Morgan fingerprint density at radius 1 is 0.906 bits per heavy atom. The summed E-state index contributed by atoms with van der Waals surface area (Å²) in [6.45, 7) is 1.48. The molecule has 3 aromatic rings. The Bertz CT molecular complexity index is 1300. The number of carbonyl (C=O) groups excluding carboxylic acids is 4. The van der Waals surface area contributed by atoms with Crippen LogP contribution in [0.5, 0.6) is 11.5 Å². The minimum atomic E-state index is -0.562. The summed E-state index contributed by atoms with van der Waals surface area (Å²) in [7, 11) is 0. The van der Waals surface area contributed by atoms with Gasteiger partial charge in [-0.15, -0.1) is 0 Å². The number of fused-ring (bicyclic) bond motifs is 3. The van der Waals surface area contributed by atoms with Crippen LogP contribution in [0.2, 0.25) is 0 Å². The van der Waals surface area contributed by atoms with E-state index in [4.69, 9.17) is 4.74 Å². The van der Waals surface area contributed by atoms with Crippen LogP contribution in [0.4, 0.5) is 11.4 Å². The molecule has 0 aromatic heterocycles. The minimum absolute atomic E-state index is 0.248. The van der Waals surface area contributed by atoms with E-state index in [1.807, 2.05) is 19.1 Å². The van der Waals surface area contributed by atoms with E-state index in [2.05, 4.69) is 10.6 Å². The summed E-state index contributed by atoms with van der Waals surface area (Å²) in [6, 6.07) is 16.6. The number of benzene rings is 3. The summed E-state index contributed by atoms with van der Waals surface area (Å²) in [5.74, 6) is -1.09. The lowest BCUT2D eigenvalue weighted by Gasteiger charge is -2.14. The molecular formula is C24H17N3O5. The van der Waals surface area contributed by atoms with Crippen LogP contribution in [0.25, 0.3) is 0 Å². The van der Waals surface area contributed by atoms with Crippen LogP contribution in [0.3, 0.4) is 0 Å². The van der Waals surface area contributed by atoms with Crippen molar-refractivity contribution in [3.05, 3.63) is 82.9 Å². The second-order valence-electron chi connectivity index (χ2n) is 7.56. The summed E-state index contributed by atoms with van der Waals surface area (Å²) >= 11 is 0. The lowest BCUT2D eigenvalue weighted by atomic mass is 10.1. The van der Waals surface area contributed by atoms with Crippen molar-refractivity contribution in [2.75, 3.05) is 17.2 Å². The van der Waals surface area contributed by atoms with Crippen LogP contribution < -0.4 is 15.4 Å². The van der Waals surface area contributed by atoms with Gasteiger partial charge in [-0.3, -0.25) is 24.1 Å². The normalized spacial score (nSPS) is 14.0. The summed E-state index contributed by atoms with van der Waals surface area (Å²) in [5, 5.41) is 5.44. The molecule has 5 rings (SSSR count). The number of aryl methyl sites for hydroxylation is 1. The Hall–Kier alpha value is -4.46. The fourth-order valence-corrected chi connectivity index (χ4v) is 3.74. The van der Waals surface area contributed by atoms with Crippen molar-refractivity contribution in [2.24, 2.45) is 0 Å². The number of nitrogens with zero attached hydrogens (tertiary/aromatic N) is 1. The molecule has 32 heavy (non-hydrogen) atoms. The number of anilines is 2. The van der Waals surface area contributed by atoms with Gasteiger partial charge >= 0.3 is 0 Å². The van der Waals surface area contributed by atoms with Crippen molar-refractivity contribution in [3.8, 4) is 11.5 Å². The van der Waals surface area contributed by atoms with E-state index in [1.54, 1.807) is 42.5 Å². The first kappa shape index (κ1) is 19.5. The first-order valence-electron chi connectivity index (χ1n) is 9.90. The molecule has 0 radical (unpaired) electrons. The largest absolute Gasteiger partial charge is 0.454 e. The molecule has 8 heteroatoms. The van der Waals surface area contributed by atoms with Crippen LogP contribution >= 0.6 is 0 Å². The third kappa shape index (κ3) is 3.27. The van der Waals surface area contributed by atoms with E-state index in [9.17, 15) is 19.2 Å². The molecule has 0 fully saturated rings. The predicted octanol–water partition coefficient (Wildman–Crippen LogP) is 3.59. The second kappa shape index (κ2) is 7.35. The average molecular weight is 427 g/mol. The van der Waals surface area contributed by atoms with Crippen LogP contribution in [0, 0.1) is 6.92 Å². The van der Waals surface area contributed by atoms with Crippen molar-refractivity contribution < 1.29 is 23.9 Å². The molecule has 2 N–H and O–H groups in total. The Morgan fingerprint density at radius 3 is 2.31 bits per heavy atom. The molecule has 0 bridgehead atoms. The molecule has 0 unspecified atom stereocenters. The SMILES string of the molecule is Cc1ccc2c(c1)NC(=O)c1cc(NC(=O)CN3C(=O)c4ccccc4C3=O)ccc1O2. The van der Waals surface area contributed by atoms with Crippen molar-refractivity contribution in [3.63, 3.8) is 0 Å². The smallest absolute Gasteiger partial charge is 0.262 e. The highest BCUT2D eigenvalue weighted by Crippen LogP contribution is 2.37. The number of nitrogens with one attached hydrogen (secondary N) is 2. The number of amides is 4. The molecule has 0 aliphatic carbocycles. The summed E-state index contributed by atoms with van der Waals surface area (Å²) < 4.78 is 5.87. The fourth-order valence-electron chi connectivity index (χ4n) is 3.74. The molecule has 0 spiro atoms. The summed E-state index contributed by atoms with van der Waals surface area (Å²) in [5.41, 5.74) is 2.67. The van der Waals surface area contributed by atoms with Gasteiger partial charge in [-0.05, 0) is 55.0 Å². The van der Waals surface area contributed by atoms with Gasteiger partial charge < -0.3 is 15.4 Å². The Morgan fingerprint density at radius 2 is 1.59 bits per heavy atom. The molecule has 3 aromatic carbocycles. The second-order valence-corrected chi connectivity index (χ2v) is 7.56. The van der Waals surface area contributed by atoms with Gasteiger partial charge in [0.2, 0.25) is 5.91 Å². The quantitative estimate of drug-likeness (QED) is 0.622. The third-order valence-electron chi connectivity index (χ3n) is 5.29. The number of imide groups is 1. The third-order valence-corrected chi connectivity index (χ3v) is 5.29. The van der Waals surface area contributed by atoms with E-state index in [0.717, 1.165) is 10.5 Å². The van der Waals surface area contributed by atoms with Crippen molar-refractivity contribution in [1.82, 2.24) is 4.90 Å². The van der Waals surface area contributed by atoms with Gasteiger partial charge in [-0.1, -0.05) is 18.2 Å². The molecule has 8 nitrogen and oxygen atoms in total. The van der Waals surface area contributed by atoms with Crippen LogP contribution in [0.1, 0.15) is 36.6 Å². The average Bonchev–Trinajstić information content (AvgIpc) is 2.92. The van der Waals surface area contributed by atoms with Crippen LogP contribution in [0.15, 0.2) is 60.7 Å². The first-order valence-corrected chi connectivity index (χ1v) is 9.90. The molecule has 0 saturated carbocycles. The Labute approximate surface area is 182 Å². The number of hydrogen-bond donors (Lipinski definition) is 2. The van der Waals surface area contributed by atoms with Gasteiger partial charge in [-0.2, -0.15) is 0 Å². The highest BCUT2D eigenvalue weighted by atomic mass is 16.5. The van der Waals surface area contributed by atoms with Crippen molar-refractivity contribution in [2.45, 2.75) is 6.92 Å². The van der Waals surface area contributed by atoms with E-state index < -0.39 is 24.3 Å². The number of carbonyl (C=O) groups is 4.